The first-order valence-corrected chi connectivity index (χ1v) is 10.2. The van der Waals surface area contributed by atoms with Gasteiger partial charge in [0.15, 0.2) is 21.3 Å². The quantitative estimate of drug-likeness (QED) is 0.826. The number of carbonyl (C=O) groups is 1. The van der Waals surface area contributed by atoms with Crippen molar-refractivity contribution in [2.24, 2.45) is 11.7 Å². The first-order valence-electron chi connectivity index (χ1n) is 8.52. The molecule has 1 saturated heterocycles. The molecule has 25 heavy (non-hydrogen) atoms. The Morgan fingerprint density at radius 1 is 1.28 bits per heavy atom. The van der Waals surface area contributed by atoms with Crippen LogP contribution in [0.1, 0.15) is 19.8 Å². The molecule has 0 bridgehead atoms. The molecule has 2 atom stereocenters. The van der Waals surface area contributed by atoms with E-state index in [-0.39, 0.29) is 29.0 Å². The fourth-order valence-corrected chi connectivity index (χ4v) is 4.60. The summed E-state index contributed by atoms with van der Waals surface area (Å²) >= 11 is 0. The molecule has 0 aliphatic carbocycles. The Bertz CT molecular complexity index is 749. The Balaban J connectivity index is 1.65. The maximum Gasteiger partial charge on any atom is 0.223 e. The highest BCUT2D eigenvalue weighted by atomic mass is 32.2. The van der Waals surface area contributed by atoms with Crippen LogP contribution < -0.4 is 15.2 Å². The number of benzene rings is 1. The predicted octanol–water partition coefficient (Wildman–Crippen LogP) is 0.817. The molecule has 1 fully saturated rings. The lowest BCUT2D eigenvalue weighted by Gasteiger charge is -2.21. The zero-order valence-corrected chi connectivity index (χ0v) is 15.1. The topological polar surface area (TPSA) is 98.9 Å². The van der Waals surface area contributed by atoms with Gasteiger partial charge in [-0.15, -0.1) is 0 Å². The molecule has 3 rings (SSSR count). The monoisotopic (exact) mass is 368 g/mol. The van der Waals surface area contributed by atoms with E-state index in [4.69, 9.17) is 15.2 Å². The average Bonchev–Trinajstić information content (AvgIpc) is 3.00. The third-order valence-electron chi connectivity index (χ3n) is 4.77. The van der Waals surface area contributed by atoms with Crippen LogP contribution in [-0.2, 0) is 14.6 Å². The summed E-state index contributed by atoms with van der Waals surface area (Å²) in [5, 5.41) is 0. The van der Waals surface area contributed by atoms with E-state index in [9.17, 15) is 13.2 Å². The first-order chi connectivity index (χ1) is 11.9. The zero-order chi connectivity index (χ0) is 18.0. The Labute approximate surface area is 148 Å². The van der Waals surface area contributed by atoms with E-state index >= 15 is 0 Å². The number of sulfone groups is 1. The van der Waals surface area contributed by atoms with Crippen LogP contribution in [0.5, 0.6) is 11.5 Å². The van der Waals surface area contributed by atoms with Gasteiger partial charge in [-0.1, -0.05) is 0 Å². The molecule has 7 nitrogen and oxygen atoms in total. The van der Waals surface area contributed by atoms with Crippen molar-refractivity contribution in [2.75, 3.05) is 32.1 Å². The molecule has 2 aliphatic heterocycles. The van der Waals surface area contributed by atoms with Gasteiger partial charge < -0.3 is 20.1 Å². The van der Waals surface area contributed by atoms with Gasteiger partial charge in [-0.3, -0.25) is 4.79 Å². The smallest absolute Gasteiger partial charge is 0.223 e. The minimum atomic E-state index is -3.56. The molecule has 0 radical (unpaired) electrons. The maximum atomic E-state index is 12.6. The van der Waals surface area contributed by atoms with Gasteiger partial charge in [0.2, 0.25) is 5.91 Å². The number of hydrogen-bond donors (Lipinski definition) is 1. The average molecular weight is 368 g/mol. The molecule has 2 aliphatic rings. The Kier molecular flexibility index (Phi) is 5.19. The standard InChI is InChI=1S/C17H24N2O5S/c1-12-8-13(10-18)11-19(12)17(20)4-7-25(21,22)14-2-3-15-16(9-14)24-6-5-23-15/h2-3,9,12-13H,4-8,10-11,18H2,1H3. The van der Waals surface area contributed by atoms with Crippen molar-refractivity contribution in [1.82, 2.24) is 4.90 Å². The summed E-state index contributed by atoms with van der Waals surface area (Å²) in [6, 6.07) is 4.67. The molecule has 0 spiro atoms. The predicted molar refractivity (Wildman–Crippen MR) is 92.4 cm³/mol. The molecular weight excluding hydrogens is 344 g/mol. The summed E-state index contributed by atoms with van der Waals surface area (Å²) in [6.45, 7) is 3.97. The Morgan fingerprint density at radius 3 is 2.68 bits per heavy atom. The minimum Gasteiger partial charge on any atom is -0.486 e. The van der Waals surface area contributed by atoms with Crippen molar-refractivity contribution >= 4 is 15.7 Å². The van der Waals surface area contributed by atoms with E-state index in [1.807, 2.05) is 6.92 Å². The molecule has 2 unspecified atom stereocenters. The number of carbonyl (C=O) groups excluding carboxylic acids is 1. The number of likely N-dealkylation sites (tertiary alicyclic amines) is 1. The van der Waals surface area contributed by atoms with Gasteiger partial charge in [0.05, 0.1) is 10.6 Å². The van der Waals surface area contributed by atoms with Gasteiger partial charge in [0.25, 0.3) is 0 Å². The molecule has 138 valence electrons. The number of rotatable bonds is 5. The number of hydrogen-bond acceptors (Lipinski definition) is 6. The van der Waals surface area contributed by atoms with Crippen LogP contribution in [-0.4, -0.2) is 57.3 Å². The second-order valence-electron chi connectivity index (χ2n) is 6.61. The summed E-state index contributed by atoms with van der Waals surface area (Å²) in [7, 11) is -3.56. The Hall–Kier alpha value is -1.80. The summed E-state index contributed by atoms with van der Waals surface area (Å²) in [5.74, 6) is 0.914. The summed E-state index contributed by atoms with van der Waals surface area (Å²) in [4.78, 5) is 14.3. The van der Waals surface area contributed by atoms with Gasteiger partial charge in [-0.25, -0.2) is 8.42 Å². The van der Waals surface area contributed by atoms with Crippen molar-refractivity contribution in [2.45, 2.75) is 30.7 Å². The van der Waals surface area contributed by atoms with E-state index in [2.05, 4.69) is 0 Å². The zero-order valence-electron chi connectivity index (χ0n) is 14.3. The largest absolute Gasteiger partial charge is 0.486 e. The lowest BCUT2D eigenvalue weighted by molar-refractivity contribution is -0.131. The molecule has 2 heterocycles. The molecular formula is C17H24N2O5S. The van der Waals surface area contributed by atoms with Crippen LogP contribution in [0.15, 0.2) is 23.1 Å². The molecule has 8 heteroatoms. The van der Waals surface area contributed by atoms with Crippen molar-refractivity contribution in [3.63, 3.8) is 0 Å². The number of fused-ring (bicyclic) bond motifs is 1. The molecule has 1 amide bonds. The summed E-state index contributed by atoms with van der Waals surface area (Å²) in [5.41, 5.74) is 5.68. The Morgan fingerprint density at radius 2 is 2.00 bits per heavy atom. The van der Waals surface area contributed by atoms with Crippen LogP contribution in [0.4, 0.5) is 0 Å². The number of nitrogens with zero attached hydrogens (tertiary/aromatic N) is 1. The van der Waals surface area contributed by atoms with E-state index in [1.54, 1.807) is 11.0 Å². The van der Waals surface area contributed by atoms with Gasteiger partial charge in [0, 0.05) is 25.1 Å². The van der Waals surface area contributed by atoms with Crippen LogP contribution in [0.3, 0.4) is 0 Å². The van der Waals surface area contributed by atoms with Crippen LogP contribution in [0.2, 0.25) is 0 Å². The third-order valence-corrected chi connectivity index (χ3v) is 6.49. The third kappa shape index (κ3) is 3.90. The molecule has 2 N–H and O–H groups in total. The number of amides is 1. The van der Waals surface area contributed by atoms with E-state index < -0.39 is 9.84 Å². The van der Waals surface area contributed by atoms with Gasteiger partial charge in [0.1, 0.15) is 13.2 Å². The highest BCUT2D eigenvalue weighted by Gasteiger charge is 2.32. The number of ether oxygens (including phenoxy) is 2. The lowest BCUT2D eigenvalue weighted by Crippen LogP contribution is -2.35. The van der Waals surface area contributed by atoms with E-state index in [1.165, 1.54) is 12.1 Å². The van der Waals surface area contributed by atoms with Crippen LogP contribution in [0.25, 0.3) is 0 Å². The summed E-state index contributed by atoms with van der Waals surface area (Å²) < 4.78 is 35.9. The second-order valence-corrected chi connectivity index (χ2v) is 8.72. The fourth-order valence-electron chi connectivity index (χ4n) is 3.36. The van der Waals surface area contributed by atoms with Gasteiger partial charge >= 0.3 is 0 Å². The van der Waals surface area contributed by atoms with Crippen molar-refractivity contribution in [1.29, 1.82) is 0 Å². The van der Waals surface area contributed by atoms with Crippen molar-refractivity contribution in [3.05, 3.63) is 18.2 Å². The summed E-state index contributed by atoms with van der Waals surface area (Å²) in [6.07, 6.45) is 0.843. The highest BCUT2D eigenvalue weighted by Crippen LogP contribution is 2.32. The van der Waals surface area contributed by atoms with Gasteiger partial charge in [-0.2, -0.15) is 0 Å². The molecule has 1 aromatic carbocycles. The maximum absolute atomic E-state index is 12.6. The molecule has 0 saturated carbocycles. The molecule has 0 aromatic heterocycles. The SMILES string of the molecule is CC1CC(CN)CN1C(=O)CCS(=O)(=O)c1ccc2c(c1)OCCO2. The number of nitrogens with two attached hydrogens (primary N) is 1. The second kappa shape index (κ2) is 7.21. The fraction of sp³-hybridized carbons (Fsp3) is 0.588. The highest BCUT2D eigenvalue weighted by molar-refractivity contribution is 7.91. The molecule has 1 aromatic rings. The minimum absolute atomic E-state index is 0.0294. The van der Waals surface area contributed by atoms with Crippen molar-refractivity contribution in [3.8, 4) is 11.5 Å². The van der Waals surface area contributed by atoms with E-state index in [0.29, 0.717) is 43.7 Å². The van der Waals surface area contributed by atoms with E-state index in [0.717, 1.165) is 6.42 Å². The van der Waals surface area contributed by atoms with Crippen molar-refractivity contribution < 1.29 is 22.7 Å². The van der Waals surface area contributed by atoms with Crippen LogP contribution >= 0.6 is 0 Å². The lowest BCUT2D eigenvalue weighted by atomic mass is 10.1. The van der Waals surface area contributed by atoms with Gasteiger partial charge in [-0.05, 0) is 37.9 Å². The first kappa shape index (κ1) is 18.0. The van der Waals surface area contributed by atoms with Crippen LogP contribution in [0, 0.1) is 5.92 Å². The normalized spacial score (nSPS) is 22.9.